The zero-order valence-electron chi connectivity index (χ0n) is 10.6. The number of benzene rings is 2. The van der Waals surface area contributed by atoms with Gasteiger partial charge >= 0.3 is 0 Å². The maximum Gasteiger partial charge on any atom is 0.270 e. The highest BCUT2D eigenvalue weighted by molar-refractivity contribution is 6.11. The lowest BCUT2D eigenvalue weighted by Crippen LogP contribution is -2.02. The molecular weight excluding hydrogens is 262 g/mol. The Morgan fingerprint density at radius 3 is 2.40 bits per heavy atom. The number of aromatic hydroxyl groups is 1. The van der Waals surface area contributed by atoms with Crippen LogP contribution in [0.25, 0.3) is 0 Å². The number of phenolic OH excluding ortho intramolecular Hbond substituents is 1. The molecule has 0 atom stereocenters. The van der Waals surface area contributed by atoms with Crippen LogP contribution in [0.3, 0.4) is 0 Å². The second kappa shape index (κ2) is 5.40. The van der Waals surface area contributed by atoms with Crippen LogP contribution in [0.1, 0.15) is 15.9 Å². The first-order valence-corrected chi connectivity index (χ1v) is 5.69. The quantitative estimate of drug-likeness (QED) is 0.525. The van der Waals surface area contributed by atoms with E-state index in [2.05, 4.69) is 0 Å². The van der Waals surface area contributed by atoms with E-state index in [0.717, 1.165) is 18.2 Å². The third kappa shape index (κ3) is 2.59. The van der Waals surface area contributed by atoms with Gasteiger partial charge in [0.15, 0.2) is 5.78 Å². The van der Waals surface area contributed by atoms with E-state index in [1.165, 1.54) is 19.2 Å². The molecule has 0 aliphatic carbocycles. The fourth-order valence-corrected chi connectivity index (χ4v) is 1.72. The normalized spacial score (nSPS) is 10.1. The predicted molar refractivity (Wildman–Crippen MR) is 71.2 cm³/mol. The molecule has 0 aliphatic rings. The molecule has 20 heavy (non-hydrogen) atoms. The number of carbonyl (C=O) groups is 1. The SMILES string of the molecule is COc1ccc(C(=O)c2cc([N+](=O)[O-])ccc2O)cc1. The van der Waals surface area contributed by atoms with Crippen molar-refractivity contribution in [3.63, 3.8) is 0 Å². The lowest BCUT2D eigenvalue weighted by atomic mass is 10.0. The number of nitro benzene ring substituents is 1. The Morgan fingerprint density at radius 1 is 1.20 bits per heavy atom. The van der Waals surface area contributed by atoms with Gasteiger partial charge < -0.3 is 9.84 Å². The zero-order valence-corrected chi connectivity index (χ0v) is 10.6. The molecule has 0 bridgehead atoms. The zero-order chi connectivity index (χ0) is 14.7. The topological polar surface area (TPSA) is 89.7 Å². The van der Waals surface area contributed by atoms with Crippen molar-refractivity contribution >= 4 is 11.5 Å². The minimum atomic E-state index is -0.621. The molecule has 6 nitrogen and oxygen atoms in total. The van der Waals surface area contributed by atoms with Gasteiger partial charge in [-0.2, -0.15) is 0 Å². The Kier molecular flexibility index (Phi) is 3.65. The number of nitro groups is 1. The molecule has 0 spiro atoms. The van der Waals surface area contributed by atoms with Gasteiger partial charge in [0.2, 0.25) is 0 Å². The second-order valence-electron chi connectivity index (χ2n) is 4.02. The molecule has 0 unspecified atom stereocenters. The van der Waals surface area contributed by atoms with E-state index in [9.17, 15) is 20.0 Å². The van der Waals surface area contributed by atoms with Crippen molar-refractivity contribution in [1.29, 1.82) is 0 Å². The Balaban J connectivity index is 2.41. The van der Waals surface area contributed by atoms with Crippen LogP contribution in [0.4, 0.5) is 5.69 Å². The van der Waals surface area contributed by atoms with Gasteiger partial charge in [-0.1, -0.05) is 0 Å². The molecule has 2 aromatic rings. The van der Waals surface area contributed by atoms with E-state index in [4.69, 9.17) is 4.74 Å². The summed E-state index contributed by atoms with van der Waals surface area (Å²) in [5.74, 6) is -0.199. The summed E-state index contributed by atoms with van der Waals surface area (Å²) in [7, 11) is 1.50. The molecule has 0 aromatic heterocycles. The minimum absolute atomic E-state index is 0.107. The first-order valence-electron chi connectivity index (χ1n) is 5.69. The van der Waals surface area contributed by atoms with Crippen molar-refractivity contribution < 1.29 is 19.6 Å². The van der Waals surface area contributed by atoms with Gasteiger partial charge in [-0.15, -0.1) is 0 Å². The van der Waals surface area contributed by atoms with Gasteiger partial charge in [-0.3, -0.25) is 14.9 Å². The predicted octanol–water partition coefficient (Wildman–Crippen LogP) is 2.54. The number of non-ortho nitro benzene ring substituents is 1. The van der Waals surface area contributed by atoms with Crippen LogP contribution in [0.5, 0.6) is 11.5 Å². The second-order valence-corrected chi connectivity index (χ2v) is 4.02. The molecule has 0 radical (unpaired) electrons. The minimum Gasteiger partial charge on any atom is -0.507 e. The molecule has 1 N–H and O–H groups in total. The van der Waals surface area contributed by atoms with Crippen LogP contribution in [-0.2, 0) is 0 Å². The Labute approximate surface area is 114 Å². The number of phenols is 1. The van der Waals surface area contributed by atoms with E-state index in [-0.39, 0.29) is 17.0 Å². The summed E-state index contributed by atoms with van der Waals surface area (Å²) < 4.78 is 4.98. The highest BCUT2D eigenvalue weighted by atomic mass is 16.6. The summed E-state index contributed by atoms with van der Waals surface area (Å²) >= 11 is 0. The number of rotatable bonds is 4. The third-order valence-corrected chi connectivity index (χ3v) is 2.79. The van der Waals surface area contributed by atoms with Gasteiger partial charge in [-0.25, -0.2) is 0 Å². The Hall–Kier alpha value is -2.89. The Morgan fingerprint density at radius 2 is 1.85 bits per heavy atom. The largest absolute Gasteiger partial charge is 0.507 e. The van der Waals surface area contributed by atoms with Crippen LogP contribution >= 0.6 is 0 Å². The molecule has 0 saturated carbocycles. The maximum atomic E-state index is 12.2. The van der Waals surface area contributed by atoms with Gasteiger partial charge in [0.1, 0.15) is 11.5 Å². The molecular formula is C14H11NO5. The van der Waals surface area contributed by atoms with E-state index in [1.807, 2.05) is 0 Å². The highest BCUT2D eigenvalue weighted by Gasteiger charge is 2.17. The summed E-state index contributed by atoms with van der Waals surface area (Å²) in [4.78, 5) is 22.3. The molecule has 102 valence electrons. The van der Waals surface area contributed by atoms with E-state index in [1.54, 1.807) is 12.1 Å². The number of carbonyl (C=O) groups excluding carboxylic acids is 1. The van der Waals surface area contributed by atoms with Crippen molar-refractivity contribution in [1.82, 2.24) is 0 Å². The van der Waals surface area contributed by atoms with Crippen molar-refractivity contribution in [3.8, 4) is 11.5 Å². The number of hydrogen-bond donors (Lipinski definition) is 1. The lowest BCUT2D eigenvalue weighted by Gasteiger charge is -2.05. The number of hydrogen-bond acceptors (Lipinski definition) is 5. The fraction of sp³-hybridized carbons (Fsp3) is 0.0714. The summed E-state index contributed by atoms with van der Waals surface area (Å²) in [5.41, 5.74) is -0.0503. The lowest BCUT2D eigenvalue weighted by molar-refractivity contribution is -0.384. The fourth-order valence-electron chi connectivity index (χ4n) is 1.72. The van der Waals surface area contributed by atoms with Crippen LogP contribution in [0, 0.1) is 10.1 Å². The number of methoxy groups -OCH3 is 1. The Bertz CT molecular complexity index is 664. The first kappa shape index (κ1) is 13.5. The van der Waals surface area contributed by atoms with Crippen LogP contribution in [0.15, 0.2) is 42.5 Å². The molecule has 0 amide bonds. The van der Waals surface area contributed by atoms with E-state index < -0.39 is 10.7 Å². The van der Waals surface area contributed by atoms with Gasteiger partial charge in [0, 0.05) is 17.7 Å². The van der Waals surface area contributed by atoms with Crippen molar-refractivity contribution in [3.05, 3.63) is 63.7 Å². The molecule has 2 aromatic carbocycles. The molecule has 0 aliphatic heterocycles. The van der Waals surface area contributed by atoms with Gasteiger partial charge in [0.25, 0.3) is 5.69 Å². The standard InChI is InChI=1S/C14H11NO5/c1-20-11-5-2-9(3-6-11)14(17)12-8-10(15(18)19)4-7-13(12)16/h2-8,16H,1H3. The van der Waals surface area contributed by atoms with Crippen molar-refractivity contribution in [2.45, 2.75) is 0 Å². The maximum absolute atomic E-state index is 12.2. The smallest absolute Gasteiger partial charge is 0.270 e. The number of nitrogens with zero attached hydrogens (tertiary/aromatic N) is 1. The van der Waals surface area contributed by atoms with E-state index >= 15 is 0 Å². The summed E-state index contributed by atoms with van der Waals surface area (Å²) in [6, 6.07) is 9.58. The summed E-state index contributed by atoms with van der Waals surface area (Å²) in [6.45, 7) is 0. The van der Waals surface area contributed by atoms with Crippen LogP contribution < -0.4 is 4.74 Å². The van der Waals surface area contributed by atoms with Crippen molar-refractivity contribution in [2.75, 3.05) is 7.11 Å². The summed E-state index contributed by atoms with van der Waals surface area (Å²) in [5, 5.41) is 20.4. The molecule has 0 saturated heterocycles. The van der Waals surface area contributed by atoms with Crippen LogP contribution in [-0.4, -0.2) is 22.9 Å². The molecule has 0 fully saturated rings. The monoisotopic (exact) mass is 273 g/mol. The molecule has 0 heterocycles. The number of ketones is 1. The highest BCUT2D eigenvalue weighted by Crippen LogP contribution is 2.26. The van der Waals surface area contributed by atoms with E-state index in [0.29, 0.717) is 11.3 Å². The van der Waals surface area contributed by atoms with Crippen molar-refractivity contribution in [2.24, 2.45) is 0 Å². The first-order chi connectivity index (χ1) is 9.52. The molecule has 6 heteroatoms. The summed E-state index contributed by atoms with van der Waals surface area (Å²) in [6.07, 6.45) is 0. The average Bonchev–Trinajstić information content (AvgIpc) is 2.47. The van der Waals surface area contributed by atoms with Gasteiger partial charge in [-0.05, 0) is 30.3 Å². The van der Waals surface area contributed by atoms with Crippen LogP contribution in [0.2, 0.25) is 0 Å². The number of ether oxygens (including phenoxy) is 1. The average molecular weight is 273 g/mol. The molecule has 2 rings (SSSR count). The third-order valence-electron chi connectivity index (χ3n) is 2.79. The van der Waals surface area contributed by atoms with Gasteiger partial charge in [0.05, 0.1) is 17.6 Å².